The Morgan fingerprint density at radius 3 is 2.58 bits per heavy atom. The molecule has 2 saturated carbocycles. The third-order valence-corrected chi connectivity index (χ3v) is 4.80. The lowest BCUT2D eigenvalue weighted by Crippen LogP contribution is -2.47. The Morgan fingerprint density at radius 2 is 2.00 bits per heavy atom. The number of nitrogens with zero attached hydrogens (tertiary/aromatic N) is 1. The van der Waals surface area contributed by atoms with Gasteiger partial charge in [-0.05, 0) is 43.7 Å². The van der Waals surface area contributed by atoms with E-state index in [9.17, 15) is 0 Å². The van der Waals surface area contributed by atoms with Crippen molar-refractivity contribution >= 4 is 0 Å². The third kappa shape index (κ3) is 3.21. The maximum absolute atomic E-state index is 6.13. The summed E-state index contributed by atoms with van der Waals surface area (Å²) >= 11 is 0. The van der Waals surface area contributed by atoms with Crippen molar-refractivity contribution in [3.8, 4) is 0 Å². The third-order valence-electron chi connectivity index (χ3n) is 4.80. The first-order chi connectivity index (χ1) is 9.38. The number of nitrogens with two attached hydrogens (primary N) is 1. The summed E-state index contributed by atoms with van der Waals surface area (Å²) in [6.45, 7) is 1.73. The van der Waals surface area contributed by atoms with Gasteiger partial charge in [-0.1, -0.05) is 19.3 Å². The van der Waals surface area contributed by atoms with Crippen LogP contribution in [-0.4, -0.2) is 23.5 Å². The summed E-state index contributed by atoms with van der Waals surface area (Å²) in [4.78, 5) is 2.63. The largest absolute Gasteiger partial charge is 0.468 e. The molecular weight excluding hydrogens is 236 g/mol. The molecule has 3 rings (SSSR count). The van der Waals surface area contributed by atoms with Crippen LogP contribution < -0.4 is 5.73 Å². The van der Waals surface area contributed by atoms with Gasteiger partial charge in [0.2, 0.25) is 0 Å². The van der Waals surface area contributed by atoms with Gasteiger partial charge in [0.1, 0.15) is 5.76 Å². The van der Waals surface area contributed by atoms with Crippen LogP contribution in [-0.2, 0) is 6.54 Å². The summed E-state index contributed by atoms with van der Waals surface area (Å²) in [5.74, 6) is 1.88. The summed E-state index contributed by atoms with van der Waals surface area (Å²) in [6.07, 6.45) is 11.4. The second-order valence-electron chi connectivity index (χ2n) is 6.18. The Bertz CT molecular complexity index is 366. The maximum atomic E-state index is 6.13. The molecule has 1 aromatic rings. The van der Waals surface area contributed by atoms with Crippen LogP contribution in [0.5, 0.6) is 0 Å². The van der Waals surface area contributed by atoms with E-state index in [4.69, 9.17) is 10.2 Å². The predicted octanol–water partition coefficient (Wildman–Crippen LogP) is 3.15. The molecule has 2 aliphatic rings. The quantitative estimate of drug-likeness (QED) is 0.856. The molecule has 0 spiro atoms. The zero-order valence-corrected chi connectivity index (χ0v) is 11.8. The standard InChI is InChI=1S/C16H26N2O/c17-11-16(13-5-2-1-3-6-13)18(14-8-9-14)12-15-7-4-10-19-15/h4,7,10,13-14,16H,1-3,5-6,8-9,11-12,17H2. The molecule has 0 saturated heterocycles. The highest BCUT2D eigenvalue weighted by atomic mass is 16.3. The van der Waals surface area contributed by atoms with E-state index in [0.717, 1.165) is 30.8 Å². The number of hydrogen-bond acceptors (Lipinski definition) is 3. The molecule has 2 N–H and O–H groups in total. The van der Waals surface area contributed by atoms with E-state index in [0.29, 0.717) is 6.04 Å². The van der Waals surface area contributed by atoms with E-state index < -0.39 is 0 Å². The minimum atomic E-state index is 0.554. The fourth-order valence-corrected chi connectivity index (χ4v) is 3.62. The van der Waals surface area contributed by atoms with E-state index in [1.54, 1.807) is 6.26 Å². The van der Waals surface area contributed by atoms with Gasteiger partial charge >= 0.3 is 0 Å². The fourth-order valence-electron chi connectivity index (χ4n) is 3.62. The smallest absolute Gasteiger partial charge is 0.117 e. The molecule has 106 valence electrons. The van der Waals surface area contributed by atoms with Gasteiger partial charge in [0.25, 0.3) is 0 Å². The first kappa shape index (κ1) is 13.2. The van der Waals surface area contributed by atoms with Gasteiger partial charge in [-0.2, -0.15) is 0 Å². The van der Waals surface area contributed by atoms with Crippen LogP contribution in [0.25, 0.3) is 0 Å². The van der Waals surface area contributed by atoms with Gasteiger partial charge in [0, 0.05) is 18.6 Å². The molecule has 2 aliphatic carbocycles. The molecule has 3 nitrogen and oxygen atoms in total. The minimum Gasteiger partial charge on any atom is -0.468 e. The predicted molar refractivity (Wildman–Crippen MR) is 76.7 cm³/mol. The van der Waals surface area contributed by atoms with Crippen LogP contribution >= 0.6 is 0 Å². The molecule has 1 atom stereocenters. The maximum Gasteiger partial charge on any atom is 0.117 e. The van der Waals surface area contributed by atoms with Crippen LogP contribution in [0.2, 0.25) is 0 Å². The van der Waals surface area contributed by atoms with E-state index in [2.05, 4.69) is 11.0 Å². The first-order valence-corrected chi connectivity index (χ1v) is 7.86. The number of hydrogen-bond donors (Lipinski definition) is 1. The second kappa shape index (κ2) is 6.10. The molecule has 1 unspecified atom stereocenters. The van der Waals surface area contributed by atoms with Crippen molar-refractivity contribution in [1.82, 2.24) is 4.90 Å². The monoisotopic (exact) mass is 262 g/mol. The Labute approximate surface area is 116 Å². The summed E-state index contributed by atoms with van der Waals surface area (Å²) < 4.78 is 5.54. The summed E-state index contributed by atoms with van der Waals surface area (Å²) in [5.41, 5.74) is 6.13. The normalized spacial score (nSPS) is 22.8. The van der Waals surface area contributed by atoms with Gasteiger partial charge in [0.05, 0.1) is 12.8 Å². The van der Waals surface area contributed by atoms with Crippen LogP contribution in [0.4, 0.5) is 0 Å². The molecule has 0 bridgehead atoms. The van der Waals surface area contributed by atoms with E-state index in [1.165, 1.54) is 44.9 Å². The van der Waals surface area contributed by atoms with Gasteiger partial charge in [-0.25, -0.2) is 0 Å². The molecule has 19 heavy (non-hydrogen) atoms. The molecule has 1 aromatic heterocycles. The van der Waals surface area contributed by atoms with Crippen LogP contribution in [0.3, 0.4) is 0 Å². The SMILES string of the molecule is NCC(C1CCCCC1)N(Cc1ccco1)C1CC1. The van der Waals surface area contributed by atoms with E-state index in [1.807, 2.05) is 6.07 Å². The van der Waals surface area contributed by atoms with Gasteiger partial charge in [0.15, 0.2) is 0 Å². The number of furan rings is 1. The molecule has 0 aromatic carbocycles. The molecule has 0 aliphatic heterocycles. The summed E-state index contributed by atoms with van der Waals surface area (Å²) in [6, 6.07) is 5.38. The highest BCUT2D eigenvalue weighted by Gasteiger charge is 2.37. The van der Waals surface area contributed by atoms with Crippen molar-refractivity contribution in [3.63, 3.8) is 0 Å². The average Bonchev–Trinajstić information content (AvgIpc) is 3.17. The fraction of sp³-hybridized carbons (Fsp3) is 0.750. The Hall–Kier alpha value is -0.800. The molecule has 2 fully saturated rings. The Balaban J connectivity index is 1.69. The van der Waals surface area contributed by atoms with Crippen LogP contribution in [0.15, 0.2) is 22.8 Å². The van der Waals surface area contributed by atoms with E-state index >= 15 is 0 Å². The summed E-state index contributed by atoms with van der Waals surface area (Å²) in [7, 11) is 0. The van der Waals surface area contributed by atoms with Gasteiger partial charge in [-0.3, -0.25) is 4.90 Å². The van der Waals surface area contributed by atoms with Crippen molar-refractivity contribution in [2.45, 2.75) is 63.6 Å². The lowest BCUT2D eigenvalue weighted by atomic mass is 9.83. The van der Waals surface area contributed by atoms with Crippen LogP contribution in [0.1, 0.15) is 50.7 Å². The molecule has 0 amide bonds. The lowest BCUT2D eigenvalue weighted by molar-refractivity contribution is 0.0994. The van der Waals surface area contributed by atoms with Crippen molar-refractivity contribution in [3.05, 3.63) is 24.2 Å². The minimum absolute atomic E-state index is 0.554. The first-order valence-electron chi connectivity index (χ1n) is 7.86. The van der Waals surface area contributed by atoms with Crippen molar-refractivity contribution in [1.29, 1.82) is 0 Å². The van der Waals surface area contributed by atoms with Crippen LogP contribution in [0, 0.1) is 5.92 Å². The number of rotatable bonds is 6. The zero-order valence-electron chi connectivity index (χ0n) is 11.8. The Morgan fingerprint density at radius 1 is 1.21 bits per heavy atom. The summed E-state index contributed by atoms with van der Waals surface area (Å²) in [5, 5.41) is 0. The average molecular weight is 262 g/mol. The van der Waals surface area contributed by atoms with E-state index in [-0.39, 0.29) is 0 Å². The molecular formula is C16H26N2O. The molecule has 0 radical (unpaired) electrons. The molecule has 3 heteroatoms. The highest BCUT2D eigenvalue weighted by Crippen LogP contribution is 2.36. The highest BCUT2D eigenvalue weighted by molar-refractivity contribution is 5.02. The zero-order chi connectivity index (χ0) is 13.1. The van der Waals surface area contributed by atoms with Gasteiger partial charge < -0.3 is 10.2 Å². The van der Waals surface area contributed by atoms with Crippen molar-refractivity contribution in [2.75, 3.05) is 6.54 Å². The lowest BCUT2D eigenvalue weighted by Gasteiger charge is -2.38. The van der Waals surface area contributed by atoms with Crippen molar-refractivity contribution in [2.24, 2.45) is 11.7 Å². The van der Waals surface area contributed by atoms with Crippen molar-refractivity contribution < 1.29 is 4.42 Å². The second-order valence-corrected chi connectivity index (χ2v) is 6.18. The molecule has 1 heterocycles. The topological polar surface area (TPSA) is 42.4 Å². The van der Waals surface area contributed by atoms with Gasteiger partial charge in [-0.15, -0.1) is 0 Å². The Kier molecular flexibility index (Phi) is 4.24.